The summed E-state index contributed by atoms with van der Waals surface area (Å²) in [5, 5.41) is 8.66. The maximum absolute atomic E-state index is 6.59. The number of rotatable bonds is 2. The first-order chi connectivity index (χ1) is 8.23. The van der Waals surface area contributed by atoms with Crippen LogP contribution in [0.5, 0.6) is 0 Å². The lowest BCUT2D eigenvalue weighted by Gasteiger charge is -2.36. The largest absolute Gasteiger partial charge is 0.319 e. The molecule has 0 spiro atoms. The SMILES string of the molecule is CCC1CCC(N)(c2nnc3n2CCC3)CC1. The van der Waals surface area contributed by atoms with Gasteiger partial charge in [-0.3, -0.25) is 0 Å². The molecule has 0 bridgehead atoms. The summed E-state index contributed by atoms with van der Waals surface area (Å²) in [5.41, 5.74) is 6.38. The minimum atomic E-state index is -0.207. The van der Waals surface area contributed by atoms with Gasteiger partial charge in [0.2, 0.25) is 0 Å². The van der Waals surface area contributed by atoms with Gasteiger partial charge in [0.1, 0.15) is 5.82 Å². The van der Waals surface area contributed by atoms with Crippen LogP contribution in [0.3, 0.4) is 0 Å². The van der Waals surface area contributed by atoms with Crippen LogP contribution >= 0.6 is 0 Å². The van der Waals surface area contributed by atoms with E-state index in [1.807, 2.05) is 0 Å². The topological polar surface area (TPSA) is 56.7 Å². The quantitative estimate of drug-likeness (QED) is 0.851. The van der Waals surface area contributed by atoms with Crippen molar-refractivity contribution in [1.82, 2.24) is 14.8 Å². The highest BCUT2D eigenvalue weighted by molar-refractivity contribution is 5.12. The number of fused-ring (bicyclic) bond motifs is 1. The molecule has 2 heterocycles. The van der Waals surface area contributed by atoms with Crippen molar-refractivity contribution in [2.75, 3.05) is 0 Å². The number of hydrogen-bond donors (Lipinski definition) is 1. The van der Waals surface area contributed by atoms with E-state index in [9.17, 15) is 0 Å². The molecule has 17 heavy (non-hydrogen) atoms. The monoisotopic (exact) mass is 234 g/mol. The molecule has 3 rings (SSSR count). The van der Waals surface area contributed by atoms with Crippen LogP contribution in [0.2, 0.25) is 0 Å². The Morgan fingerprint density at radius 3 is 2.82 bits per heavy atom. The van der Waals surface area contributed by atoms with Crippen molar-refractivity contribution < 1.29 is 0 Å². The van der Waals surface area contributed by atoms with Gasteiger partial charge in [0.25, 0.3) is 0 Å². The fourth-order valence-corrected chi connectivity index (χ4v) is 3.34. The Balaban J connectivity index is 1.83. The lowest BCUT2D eigenvalue weighted by molar-refractivity contribution is 0.216. The summed E-state index contributed by atoms with van der Waals surface area (Å²) < 4.78 is 2.27. The number of aryl methyl sites for hydroxylation is 1. The zero-order valence-electron chi connectivity index (χ0n) is 10.7. The molecule has 1 aromatic heterocycles. The second-order valence-electron chi connectivity index (χ2n) is 5.70. The average molecular weight is 234 g/mol. The minimum absolute atomic E-state index is 0.207. The molecule has 0 saturated heterocycles. The third-order valence-electron chi connectivity index (χ3n) is 4.63. The minimum Gasteiger partial charge on any atom is -0.319 e. The van der Waals surface area contributed by atoms with Crippen LogP contribution in [0.1, 0.15) is 57.1 Å². The fourth-order valence-electron chi connectivity index (χ4n) is 3.34. The first-order valence-electron chi connectivity index (χ1n) is 6.94. The molecule has 1 aromatic rings. The van der Waals surface area contributed by atoms with Crippen molar-refractivity contribution in [1.29, 1.82) is 0 Å². The summed E-state index contributed by atoms with van der Waals surface area (Å²) in [6.07, 6.45) is 8.19. The van der Waals surface area contributed by atoms with E-state index in [2.05, 4.69) is 21.7 Å². The third kappa shape index (κ3) is 1.79. The van der Waals surface area contributed by atoms with Crippen molar-refractivity contribution in [2.45, 2.75) is 64.0 Å². The van der Waals surface area contributed by atoms with E-state index in [4.69, 9.17) is 5.73 Å². The van der Waals surface area contributed by atoms with Gasteiger partial charge in [-0.2, -0.15) is 0 Å². The van der Waals surface area contributed by atoms with Crippen molar-refractivity contribution in [3.8, 4) is 0 Å². The third-order valence-corrected chi connectivity index (χ3v) is 4.63. The molecular weight excluding hydrogens is 212 g/mol. The van der Waals surface area contributed by atoms with Gasteiger partial charge in [-0.15, -0.1) is 10.2 Å². The van der Waals surface area contributed by atoms with Gasteiger partial charge in [-0.1, -0.05) is 13.3 Å². The molecule has 0 aromatic carbocycles. The van der Waals surface area contributed by atoms with Gasteiger partial charge >= 0.3 is 0 Å². The second kappa shape index (κ2) is 4.09. The molecule has 1 aliphatic heterocycles. The standard InChI is InChI=1S/C13H22N4/c1-2-10-5-7-13(14,8-6-10)12-16-15-11-4-3-9-17(11)12/h10H,2-9,14H2,1H3. The van der Waals surface area contributed by atoms with Gasteiger partial charge in [-0.25, -0.2) is 0 Å². The smallest absolute Gasteiger partial charge is 0.153 e. The van der Waals surface area contributed by atoms with E-state index in [1.165, 1.54) is 25.7 Å². The highest BCUT2D eigenvalue weighted by Crippen LogP contribution is 2.38. The Labute approximate surface area is 103 Å². The van der Waals surface area contributed by atoms with E-state index in [1.54, 1.807) is 0 Å². The fraction of sp³-hybridized carbons (Fsp3) is 0.846. The normalized spacial score (nSPS) is 32.7. The van der Waals surface area contributed by atoms with Crippen molar-refractivity contribution in [2.24, 2.45) is 11.7 Å². The summed E-state index contributed by atoms with van der Waals surface area (Å²) in [7, 11) is 0. The molecule has 0 amide bonds. The molecule has 4 heteroatoms. The Kier molecular flexibility index (Phi) is 2.69. The van der Waals surface area contributed by atoms with Crippen LogP contribution in [0.4, 0.5) is 0 Å². The maximum atomic E-state index is 6.59. The summed E-state index contributed by atoms with van der Waals surface area (Å²) >= 11 is 0. The Hall–Kier alpha value is -0.900. The molecule has 2 N–H and O–H groups in total. The predicted molar refractivity (Wildman–Crippen MR) is 66.5 cm³/mol. The average Bonchev–Trinajstić information content (AvgIpc) is 2.91. The van der Waals surface area contributed by atoms with Gasteiger partial charge in [0.05, 0.1) is 5.54 Å². The zero-order valence-corrected chi connectivity index (χ0v) is 10.7. The molecule has 2 aliphatic rings. The summed E-state index contributed by atoms with van der Waals surface area (Å²) in [6, 6.07) is 0. The lowest BCUT2D eigenvalue weighted by atomic mass is 9.75. The van der Waals surface area contributed by atoms with Gasteiger partial charge < -0.3 is 10.3 Å². The number of aromatic nitrogens is 3. The molecule has 0 unspecified atom stereocenters. The molecule has 0 radical (unpaired) electrons. The van der Waals surface area contributed by atoms with Crippen molar-refractivity contribution in [3.63, 3.8) is 0 Å². The molecule has 1 fully saturated rings. The zero-order chi connectivity index (χ0) is 11.9. The summed E-state index contributed by atoms with van der Waals surface area (Å²) in [5.74, 6) is 3.06. The van der Waals surface area contributed by atoms with E-state index in [-0.39, 0.29) is 5.54 Å². The van der Waals surface area contributed by atoms with Gasteiger partial charge in [0, 0.05) is 13.0 Å². The Morgan fingerprint density at radius 2 is 2.12 bits per heavy atom. The van der Waals surface area contributed by atoms with Crippen molar-refractivity contribution >= 4 is 0 Å². The van der Waals surface area contributed by atoms with Gasteiger partial charge in [-0.05, 0) is 38.0 Å². The molecule has 0 atom stereocenters. The van der Waals surface area contributed by atoms with Crippen molar-refractivity contribution in [3.05, 3.63) is 11.6 Å². The molecule has 4 nitrogen and oxygen atoms in total. The number of hydrogen-bond acceptors (Lipinski definition) is 3. The van der Waals surface area contributed by atoms with Gasteiger partial charge in [0.15, 0.2) is 5.82 Å². The molecular formula is C13H22N4. The van der Waals surface area contributed by atoms with E-state index in [0.29, 0.717) is 0 Å². The Bertz CT molecular complexity index is 402. The number of nitrogens with two attached hydrogens (primary N) is 1. The number of nitrogens with zero attached hydrogens (tertiary/aromatic N) is 3. The van der Waals surface area contributed by atoms with Crippen LogP contribution in [0.15, 0.2) is 0 Å². The lowest BCUT2D eigenvalue weighted by Crippen LogP contribution is -2.42. The molecule has 1 aliphatic carbocycles. The van der Waals surface area contributed by atoms with Crippen LogP contribution < -0.4 is 5.73 Å². The van der Waals surface area contributed by atoms with Crippen LogP contribution in [-0.4, -0.2) is 14.8 Å². The van der Waals surface area contributed by atoms with E-state index >= 15 is 0 Å². The second-order valence-corrected chi connectivity index (χ2v) is 5.70. The summed E-state index contributed by atoms with van der Waals surface area (Å²) in [4.78, 5) is 0. The van der Waals surface area contributed by atoms with Crippen LogP contribution in [-0.2, 0) is 18.5 Å². The highest BCUT2D eigenvalue weighted by Gasteiger charge is 2.38. The van der Waals surface area contributed by atoms with Crippen LogP contribution in [0, 0.1) is 5.92 Å². The first-order valence-corrected chi connectivity index (χ1v) is 6.94. The van der Waals surface area contributed by atoms with Crippen LogP contribution in [0.25, 0.3) is 0 Å². The maximum Gasteiger partial charge on any atom is 0.153 e. The highest BCUT2D eigenvalue weighted by atomic mass is 15.3. The first kappa shape index (κ1) is 11.2. The molecule has 1 saturated carbocycles. The van der Waals surface area contributed by atoms with E-state index in [0.717, 1.165) is 43.4 Å². The molecule has 94 valence electrons. The Morgan fingerprint density at radius 1 is 1.35 bits per heavy atom. The summed E-state index contributed by atoms with van der Waals surface area (Å²) in [6.45, 7) is 3.34. The predicted octanol–water partition coefficient (Wildman–Crippen LogP) is 1.98. The van der Waals surface area contributed by atoms with E-state index < -0.39 is 0 Å².